The van der Waals surface area contributed by atoms with Crippen LogP contribution in [0.25, 0.3) is 0 Å². The molecule has 0 unspecified atom stereocenters. The van der Waals surface area contributed by atoms with E-state index in [4.69, 9.17) is 0 Å². The van der Waals surface area contributed by atoms with E-state index in [1.807, 2.05) is 0 Å². The quantitative estimate of drug-likeness (QED) is 0.758. The third kappa shape index (κ3) is 1.38. The molecule has 1 saturated carbocycles. The molecule has 0 atom stereocenters. The van der Waals surface area contributed by atoms with Gasteiger partial charge in [0.2, 0.25) is 0 Å². The zero-order chi connectivity index (χ0) is 9.64. The molecule has 0 aliphatic heterocycles. The fourth-order valence-electron chi connectivity index (χ4n) is 1.27. The molecule has 1 fully saturated rings. The molecule has 0 heterocycles. The molecule has 1 N–H and O–H groups in total. The lowest BCUT2D eigenvalue weighted by Gasteiger charge is -2.10. The van der Waals surface area contributed by atoms with Gasteiger partial charge in [-0.15, -0.1) is 0 Å². The number of aliphatic hydroxyl groups is 1. The summed E-state index contributed by atoms with van der Waals surface area (Å²) in [6.07, 6.45) is 1.09. The molecule has 1 aromatic carbocycles. The lowest BCUT2D eigenvalue weighted by molar-refractivity contribution is 0.146. The predicted molar refractivity (Wildman–Crippen MR) is 47.2 cm³/mol. The van der Waals surface area contributed by atoms with Crippen molar-refractivity contribution in [3.8, 4) is 0 Å². The zero-order valence-corrected chi connectivity index (χ0v) is 8.24. The maximum atomic E-state index is 13.4. The third-order valence-electron chi connectivity index (χ3n) is 2.26. The SMILES string of the molecule is OC1(c2ccc(F)c(Br)c2F)CC1. The molecule has 1 aromatic rings. The maximum absolute atomic E-state index is 13.4. The Bertz CT molecular complexity index is 361. The van der Waals surface area contributed by atoms with Gasteiger partial charge in [0, 0.05) is 5.56 Å². The van der Waals surface area contributed by atoms with E-state index in [1.165, 1.54) is 6.07 Å². The summed E-state index contributed by atoms with van der Waals surface area (Å²) in [6.45, 7) is 0. The summed E-state index contributed by atoms with van der Waals surface area (Å²) >= 11 is 2.79. The fraction of sp³-hybridized carbons (Fsp3) is 0.333. The molecule has 0 spiro atoms. The van der Waals surface area contributed by atoms with Gasteiger partial charge in [0.1, 0.15) is 11.6 Å². The van der Waals surface area contributed by atoms with Gasteiger partial charge in [0.15, 0.2) is 0 Å². The largest absolute Gasteiger partial charge is 0.385 e. The van der Waals surface area contributed by atoms with Gasteiger partial charge in [-0.2, -0.15) is 0 Å². The molecule has 1 aliphatic rings. The Hall–Kier alpha value is -0.480. The van der Waals surface area contributed by atoms with E-state index in [9.17, 15) is 13.9 Å². The van der Waals surface area contributed by atoms with Gasteiger partial charge in [-0.25, -0.2) is 8.78 Å². The van der Waals surface area contributed by atoms with Gasteiger partial charge in [-0.05, 0) is 34.8 Å². The number of halogens is 3. The van der Waals surface area contributed by atoms with Crippen LogP contribution in [-0.2, 0) is 5.60 Å². The molecular formula is C9H7BrF2O. The molecular weight excluding hydrogens is 242 g/mol. The van der Waals surface area contributed by atoms with E-state index in [1.54, 1.807) is 0 Å². The highest BCUT2D eigenvalue weighted by molar-refractivity contribution is 9.10. The van der Waals surface area contributed by atoms with Crippen LogP contribution in [0.15, 0.2) is 16.6 Å². The second kappa shape index (κ2) is 2.75. The first-order chi connectivity index (χ1) is 6.04. The smallest absolute Gasteiger partial charge is 0.146 e. The van der Waals surface area contributed by atoms with Crippen molar-refractivity contribution in [2.24, 2.45) is 0 Å². The average Bonchev–Trinajstić information content (AvgIpc) is 2.80. The van der Waals surface area contributed by atoms with E-state index in [-0.39, 0.29) is 10.0 Å². The minimum atomic E-state index is -1.06. The summed E-state index contributed by atoms with van der Waals surface area (Å²) in [4.78, 5) is 0. The Balaban J connectivity index is 2.54. The Morgan fingerprint density at radius 3 is 2.46 bits per heavy atom. The van der Waals surface area contributed by atoms with Crippen molar-refractivity contribution in [3.63, 3.8) is 0 Å². The number of rotatable bonds is 1. The standard InChI is InChI=1S/C9H7BrF2O/c10-7-6(11)2-1-5(8(7)12)9(13)3-4-9/h1-2,13H,3-4H2. The van der Waals surface area contributed by atoms with Crippen LogP contribution in [0, 0.1) is 11.6 Å². The maximum Gasteiger partial charge on any atom is 0.146 e. The highest BCUT2D eigenvalue weighted by Crippen LogP contribution is 2.47. The fourth-order valence-corrected chi connectivity index (χ4v) is 1.62. The third-order valence-corrected chi connectivity index (χ3v) is 2.99. The van der Waals surface area contributed by atoms with E-state index >= 15 is 0 Å². The van der Waals surface area contributed by atoms with Crippen LogP contribution in [0.4, 0.5) is 8.78 Å². The van der Waals surface area contributed by atoms with Crippen LogP contribution < -0.4 is 0 Å². The monoisotopic (exact) mass is 248 g/mol. The normalized spacial score (nSPS) is 18.8. The van der Waals surface area contributed by atoms with E-state index in [0.717, 1.165) is 6.07 Å². The van der Waals surface area contributed by atoms with Crippen molar-refractivity contribution in [3.05, 3.63) is 33.8 Å². The van der Waals surface area contributed by atoms with Gasteiger partial charge >= 0.3 is 0 Å². The predicted octanol–water partition coefficient (Wildman–Crippen LogP) is 2.71. The van der Waals surface area contributed by atoms with Crippen LogP contribution in [-0.4, -0.2) is 5.11 Å². The summed E-state index contributed by atoms with van der Waals surface area (Å²) in [5.74, 6) is -1.34. The molecule has 1 aliphatic carbocycles. The first-order valence-electron chi connectivity index (χ1n) is 3.91. The van der Waals surface area contributed by atoms with Crippen molar-refractivity contribution < 1.29 is 13.9 Å². The zero-order valence-electron chi connectivity index (χ0n) is 6.65. The Labute approximate surface area is 82.5 Å². The van der Waals surface area contributed by atoms with E-state index in [2.05, 4.69) is 15.9 Å². The average molecular weight is 249 g/mol. The molecule has 0 saturated heterocycles. The van der Waals surface area contributed by atoms with Gasteiger partial charge in [-0.1, -0.05) is 6.07 Å². The second-order valence-corrected chi connectivity index (χ2v) is 4.05. The van der Waals surface area contributed by atoms with Crippen molar-refractivity contribution in [2.75, 3.05) is 0 Å². The van der Waals surface area contributed by atoms with E-state index < -0.39 is 17.2 Å². The first kappa shape index (κ1) is 9.09. The van der Waals surface area contributed by atoms with Crippen molar-refractivity contribution in [2.45, 2.75) is 18.4 Å². The molecule has 0 amide bonds. The highest BCUT2D eigenvalue weighted by atomic mass is 79.9. The molecule has 0 aromatic heterocycles. The molecule has 4 heteroatoms. The van der Waals surface area contributed by atoms with Crippen LogP contribution >= 0.6 is 15.9 Å². The van der Waals surface area contributed by atoms with Gasteiger partial charge < -0.3 is 5.11 Å². The molecule has 0 bridgehead atoms. The second-order valence-electron chi connectivity index (χ2n) is 3.25. The van der Waals surface area contributed by atoms with Crippen LogP contribution in [0.5, 0.6) is 0 Å². The molecule has 2 rings (SSSR count). The van der Waals surface area contributed by atoms with Gasteiger partial charge in [0.05, 0.1) is 10.1 Å². The van der Waals surface area contributed by atoms with Crippen molar-refractivity contribution in [1.29, 1.82) is 0 Å². The Morgan fingerprint density at radius 1 is 1.31 bits per heavy atom. The summed E-state index contributed by atoms with van der Waals surface area (Å²) in [6, 6.07) is 2.45. The molecule has 13 heavy (non-hydrogen) atoms. The lowest BCUT2D eigenvalue weighted by atomic mass is 10.1. The summed E-state index contributed by atoms with van der Waals surface area (Å²) in [5, 5.41) is 9.61. The Morgan fingerprint density at radius 2 is 1.92 bits per heavy atom. The van der Waals surface area contributed by atoms with Gasteiger partial charge in [0.25, 0.3) is 0 Å². The molecule has 1 nitrogen and oxygen atoms in total. The molecule has 0 radical (unpaired) electrons. The number of benzene rings is 1. The van der Waals surface area contributed by atoms with Crippen molar-refractivity contribution >= 4 is 15.9 Å². The highest BCUT2D eigenvalue weighted by Gasteiger charge is 2.44. The van der Waals surface area contributed by atoms with Crippen LogP contribution in [0.3, 0.4) is 0 Å². The van der Waals surface area contributed by atoms with Crippen molar-refractivity contribution in [1.82, 2.24) is 0 Å². The summed E-state index contributed by atoms with van der Waals surface area (Å²) in [5.41, 5.74) is -0.874. The molecule has 70 valence electrons. The number of hydrogen-bond acceptors (Lipinski definition) is 1. The van der Waals surface area contributed by atoms with E-state index in [0.29, 0.717) is 12.8 Å². The lowest BCUT2D eigenvalue weighted by Crippen LogP contribution is -2.08. The van der Waals surface area contributed by atoms with Crippen LogP contribution in [0.2, 0.25) is 0 Å². The minimum Gasteiger partial charge on any atom is -0.385 e. The Kier molecular flexibility index (Phi) is 1.92. The minimum absolute atomic E-state index is 0.181. The first-order valence-corrected chi connectivity index (χ1v) is 4.70. The summed E-state index contributed by atoms with van der Waals surface area (Å²) in [7, 11) is 0. The van der Waals surface area contributed by atoms with Gasteiger partial charge in [-0.3, -0.25) is 0 Å². The van der Waals surface area contributed by atoms with Crippen LogP contribution in [0.1, 0.15) is 18.4 Å². The summed E-state index contributed by atoms with van der Waals surface area (Å²) < 4.78 is 25.9. The topological polar surface area (TPSA) is 20.2 Å². The number of hydrogen-bond donors (Lipinski definition) is 1.